The van der Waals surface area contributed by atoms with Gasteiger partial charge in [0.05, 0.1) is 22.2 Å². The fraction of sp³-hybridized carbons (Fsp3) is 0. The van der Waals surface area contributed by atoms with Crippen LogP contribution in [-0.2, 0) is 4.57 Å². The summed E-state index contributed by atoms with van der Waals surface area (Å²) in [4.78, 5) is 9.85. The highest BCUT2D eigenvalue weighted by atomic mass is 31.2. The van der Waals surface area contributed by atoms with Gasteiger partial charge in [-0.05, 0) is 69.8 Å². The van der Waals surface area contributed by atoms with Crippen LogP contribution in [0.15, 0.2) is 146 Å². The maximum Gasteiger partial charge on any atom is 0.172 e. The molecule has 1 aliphatic rings. The van der Waals surface area contributed by atoms with E-state index in [2.05, 4.69) is 94.3 Å². The van der Waals surface area contributed by atoms with Gasteiger partial charge in [-0.15, -0.1) is 0 Å². The normalized spacial score (nSPS) is 13.6. The van der Waals surface area contributed by atoms with E-state index >= 15 is 4.57 Å². The second-order valence-corrected chi connectivity index (χ2v) is 14.4. The summed E-state index contributed by atoms with van der Waals surface area (Å²) in [6.07, 6.45) is 1.83. The summed E-state index contributed by atoms with van der Waals surface area (Å²) in [5, 5.41) is 8.24. The highest BCUT2D eigenvalue weighted by molar-refractivity contribution is 7.86. The molecule has 4 heterocycles. The largest absolute Gasteiger partial charge is 0.309 e. The number of imidazole rings is 1. The second-order valence-electron chi connectivity index (χ2n) is 11.7. The smallest absolute Gasteiger partial charge is 0.172 e. The zero-order valence-corrected chi connectivity index (χ0v) is 24.9. The lowest BCUT2D eigenvalue weighted by atomic mass is 9.99. The number of hydrogen-bond acceptors (Lipinski definition) is 3. The van der Waals surface area contributed by atoms with Crippen molar-refractivity contribution >= 4 is 72.2 Å². The molecule has 0 N–H and O–H groups in total. The lowest BCUT2D eigenvalue weighted by Crippen LogP contribution is -2.20. The summed E-state index contributed by atoms with van der Waals surface area (Å²) in [6, 6.07) is 48.0. The highest BCUT2D eigenvalue weighted by Crippen LogP contribution is 2.52. The molecule has 210 valence electrons. The first-order valence-corrected chi connectivity index (χ1v) is 16.8. The molecule has 0 saturated heterocycles. The molecule has 0 aliphatic carbocycles. The van der Waals surface area contributed by atoms with Gasteiger partial charge < -0.3 is 4.57 Å². The first-order chi connectivity index (χ1) is 22.2. The van der Waals surface area contributed by atoms with Gasteiger partial charge in [0.15, 0.2) is 7.14 Å². The van der Waals surface area contributed by atoms with Crippen LogP contribution >= 0.6 is 7.14 Å². The number of pyridine rings is 2. The van der Waals surface area contributed by atoms with Crippen LogP contribution in [0.5, 0.6) is 0 Å². The van der Waals surface area contributed by atoms with Crippen LogP contribution in [0.4, 0.5) is 0 Å². The van der Waals surface area contributed by atoms with E-state index in [1.807, 2.05) is 60.8 Å². The fourth-order valence-electron chi connectivity index (χ4n) is 7.41. The molecular formula is C40H24N3OP. The summed E-state index contributed by atoms with van der Waals surface area (Å²) in [5.41, 5.74) is 7.97. The Hall–Kier alpha value is -5.57. The van der Waals surface area contributed by atoms with E-state index in [9.17, 15) is 0 Å². The predicted molar refractivity (Wildman–Crippen MR) is 187 cm³/mol. The average molecular weight is 594 g/mol. The van der Waals surface area contributed by atoms with Crippen LogP contribution in [0.25, 0.3) is 71.5 Å². The van der Waals surface area contributed by atoms with Gasteiger partial charge in [0, 0.05) is 38.4 Å². The summed E-state index contributed by atoms with van der Waals surface area (Å²) in [5.74, 6) is 0. The predicted octanol–water partition coefficient (Wildman–Crippen LogP) is 8.63. The number of rotatable bonds is 2. The third kappa shape index (κ3) is 3.29. The lowest BCUT2D eigenvalue weighted by Gasteiger charge is -2.18. The lowest BCUT2D eigenvalue weighted by molar-refractivity contribution is 0.593. The van der Waals surface area contributed by atoms with Gasteiger partial charge in [0.25, 0.3) is 0 Å². The van der Waals surface area contributed by atoms with Crippen LogP contribution in [0.2, 0.25) is 0 Å². The molecule has 0 unspecified atom stereocenters. The molecule has 0 bridgehead atoms. The van der Waals surface area contributed by atoms with E-state index in [1.54, 1.807) is 0 Å². The number of hydrogen-bond donors (Lipinski definition) is 0. The summed E-state index contributed by atoms with van der Waals surface area (Å²) < 4.78 is 17.7. The fourth-order valence-corrected chi connectivity index (χ4v) is 10.5. The minimum atomic E-state index is -3.11. The summed E-state index contributed by atoms with van der Waals surface area (Å²) >= 11 is 0. The minimum Gasteiger partial charge on any atom is -0.309 e. The number of fused-ring (bicyclic) bond motifs is 13. The molecule has 0 fully saturated rings. The van der Waals surface area contributed by atoms with Crippen LogP contribution in [0, 0.1) is 0 Å². The zero-order valence-electron chi connectivity index (χ0n) is 24.1. The second kappa shape index (κ2) is 8.98. The van der Waals surface area contributed by atoms with Crippen molar-refractivity contribution in [2.45, 2.75) is 0 Å². The van der Waals surface area contributed by atoms with Gasteiger partial charge in [0.1, 0.15) is 5.65 Å². The summed E-state index contributed by atoms with van der Waals surface area (Å²) in [6.45, 7) is 0. The van der Waals surface area contributed by atoms with Gasteiger partial charge in [-0.3, -0.25) is 9.38 Å². The molecule has 6 aromatic carbocycles. The molecule has 0 atom stereocenters. The van der Waals surface area contributed by atoms with Crippen molar-refractivity contribution in [1.82, 2.24) is 14.4 Å². The first kappa shape index (κ1) is 24.8. The molecule has 0 radical (unpaired) electrons. The number of benzene rings is 6. The Labute approximate surface area is 258 Å². The number of aromatic nitrogens is 3. The molecule has 3 aromatic heterocycles. The Morgan fingerprint density at radius 2 is 1.33 bits per heavy atom. The maximum absolute atomic E-state index is 15.5. The van der Waals surface area contributed by atoms with Crippen LogP contribution in [0.1, 0.15) is 0 Å². The van der Waals surface area contributed by atoms with E-state index in [-0.39, 0.29) is 0 Å². The molecule has 5 heteroatoms. The van der Waals surface area contributed by atoms with Crippen LogP contribution < -0.4 is 15.9 Å². The molecule has 0 amide bonds. The van der Waals surface area contributed by atoms with Crippen LogP contribution in [0.3, 0.4) is 0 Å². The first-order valence-electron chi connectivity index (χ1n) is 15.1. The van der Waals surface area contributed by atoms with E-state index in [4.69, 9.17) is 4.98 Å². The van der Waals surface area contributed by atoms with Crippen molar-refractivity contribution in [2.75, 3.05) is 0 Å². The van der Waals surface area contributed by atoms with Crippen molar-refractivity contribution in [2.24, 2.45) is 0 Å². The molecule has 1 aliphatic heterocycles. The quantitative estimate of drug-likeness (QED) is 0.149. The Kier molecular flexibility index (Phi) is 4.95. The highest BCUT2D eigenvalue weighted by Gasteiger charge is 2.40. The average Bonchev–Trinajstić information content (AvgIpc) is 3.62. The van der Waals surface area contributed by atoms with Crippen molar-refractivity contribution in [1.29, 1.82) is 0 Å². The number of nitrogens with zero attached hydrogens (tertiary/aromatic N) is 3. The Morgan fingerprint density at radius 1 is 0.578 bits per heavy atom. The van der Waals surface area contributed by atoms with Gasteiger partial charge in [-0.25, -0.2) is 4.98 Å². The van der Waals surface area contributed by atoms with Crippen molar-refractivity contribution in [3.63, 3.8) is 0 Å². The third-order valence-corrected chi connectivity index (χ3v) is 12.6. The van der Waals surface area contributed by atoms with Gasteiger partial charge in [0.2, 0.25) is 0 Å². The van der Waals surface area contributed by atoms with Crippen molar-refractivity contribution in [3.05, 3.63) is 146 Å². The molecule has 10 rings (SSSR count). The molecule has 0 saturated carbocycles. The molecule has 4 nitrogen and oxygen atoms in total. The van der Waals surface area contributed by atoms with E-state index in [0.29, 0.717) is 0 Å². The van der Waals surface area contributed by atoms with Crippen molar-refractivity contribution < 1.29 is 4.57 Å². The topological polar surface area (TPSA) is 47.3 Å². The molecule has 45 heavy (non-hydrogen) atoms. The van der Waals surface area contributed by atoms with Gasteiger partial charge in [-0.2, -0.15) is 0 Å². The van der Waals surface area contributed by atoms with E-state index in [1.165, 1.54) is 0 Å². The summed E-state index contributed by atoms with van der Waals surface area (Å²) in [7, 11) is -3.11. The van der Waals surface area contributed by atoms with Gasteiger partial charge in [-0.1, -0.05) is 97.1 Å². The Bertz CT molecular complexity index is 2700. The molecule has 0 spiro atoms. The molecular weight excluding hydrogens is 569 g/mol. The minimum absolute atomic E-state index is 0.847. The Morgan fingerprint density at radius 3 is 2.13 bits per heavy atom. The standard InChI is InChI=1S/C40H24N3OP/c44-45(37-14-5-3-11-29(37)30-12-4-6-15-38(30)45)27-18-21-35-32(24-27)31-19-16-25-9-1-2-10-28(25)39(31)40-42-34-20-17-26(23-36(34)43(35)40)33-13-7-8-22-41-33/h1-24H. The van der Waals surface area contributed by atoms with E-state index < -0.39 is 7.14 Å². The van der Waals surface area contributed by atoms with Crippen LogP contribution in [-0.4, -0.2) is 14.4 Å². The SMILES string of the molecule is O=P1(c2ccc3c(c2)c2ccc4ccccc4c2c2nc4ccc(-c5ccccn5)cc4n32)c2ccccc2-c2ccccc21. The third-order valence-electron chi connectivity index (χ3n) is 9.42. The van der Waals surface area contributed by atoms with E-state index in [0.717, 1.165) is 87.4 Å². The van der Waals surface area contributed by atoms with Gasteiger partial charge >= 0.3 is 0 Å². The van der Waals surface area contributed by atoms with Crippen molar-refractivity contribution in [3.8, 4) is 22.4 Å². The Balaban J connectivity index is 1.36. The zero-order chi connectivity index (χ0) is 29.7. The monoisotopic (exact) mass is 593 g/mol. The molecule has 9 aromatic rings. The maximum atomic E-state index is 15.5.